The highest BCUT2D eigenvalue weighted by Gasteiger charge is 2.64. The Morgan fingerprint density at radius 3 is 1.61 bits per heavy atom. The third kappa shape index (κ3) is 15.2. The minimum Gasteiger partial charge on any atom is -0.394 e. The highest BCUT2D eigenvalue weighted by Crippen LogP contribution is 2.67. The van der Waals surface area contributed by atoms with E-state index in [1.807, 2.05) is 13.8 Å². The molecular formula is C62H102O32S. The van der Waals surface area contributed by atoms with Crippen LogP contribution in [0.4, 0.5) is 0 Å². The molecule has 33 unspecified atom stereocenters. The van der Waals surface area contributed by atoms with Crippen LogP contribution < -0.4 is 0 Å². The van der Waals surface area contributed by atoms with E-state index in [-0.39, 0.29) is 48.7 Å². The Balaban J connectivity index is 0.904. The van der Waals surface area contributed by atoms with Crippen LogP contribution in [-0.2, 0) is 76.2 Å². The quantitative estimate of drug-likeness (QED) is 0.0410. The summed E-state index contributed by atoms with van der Waals surface area (Å²) in [6.07, 6.45) is -46.9. The number of fused-ring (bicyclic) bond motifs is 5. The Morgan fingerprint density at radius 2 is 1.07 bits per heavy atom. The van der Waals surface area contributed by atoms with Gasteiger partial charge in [0.1, 0.15) is 122 Å². The Labute approximate surface area is 551 Å². The lowest BCUT2D eigenvalue weighted by Crippen LogP contribution is -2.67. The fourth-order valence-corrected chi connectivity index (χ4v) is 17.7. The maximum Gasteiger partial charge on any atom is 0.397 e. The van der Waals surface area contributed by atoms with E-state index in [9.17, 15) is 94.4 Å². The number of Topliss-reactive ketones (excluding diaryl/α,β-unsaturated/α-hetero) is 1. The molecule has 4 aliphatic carbocycles. The van der Waals surface area contributed by atoms with E-state index in [1.165, 1.54) is 27.7 Å². The minimum absolute atomic E-state index is 0.00437. The first-order valence-electron chi connectivity index (χ1n) is 33.3. The van der Waals surface area contributed by atoms with Gasteiger partial charge in [-0.1, -0.05) is 39.3 Å². The van der Waals surface area contributed by atoms with Gasteiger partial charge in [0.15, 0.2) is 37.7 Å². The lowest BCUT2D eigenvalue weighted by molar-refractivity contribution is -0.402. The van der Waals surface area contributed by atoms with E-state index in [4.69, 9.17) is 61.0 Å². The summed E-state index contributed by atoms with van der Waals surface area (Å²) in [5, 5.41) is 169. The van der Waals surface area contributed by atoms with Crippen molar-refractivity contribution < 1.29 is 155 Å². The molecule has 0 aromatic heterocycles. The number of ether oxygens (including phenoxy) is 12. The molecule has 0 bridgehead atoms. The van der Waals surface area contributed by atoms with Crippen molar-refractivity contribution in [3.63, 3.8) is 0 Å². The summed E-state index contributed by atoms with van der Waals surface area (Å²) in [6.45, 7) is 13.7. The van der Waals surface area contributed by atoms with Crippen molar-refractivity contribution in [2.24, 2.45) is 40.4 Å². The number of rotatable bonds is 20. The summed E-state index contributed by atoms with van der Waals surface area (Å²) in [5.74, 6) is -0.914. The van der Waals surface area contributed by atoms with Crippen molar-refractivity contribution in [2.45, 2.75) is 316 Å². The number of carbonyl (C=O) groups is 1. The maximum absolute atomic E-state index is 13.3. The molecule has 0 radical (unpaired) electrons. The Bertz CT molecular complexity index is 2730. The molecule has 6 heterocycles. The van der Waals surface area contributed by atoms with E-state index in [1.54, 1.807) is 6.92 Å². The molecule has 38 atom stereocenters. The topological polar surface area (TPSA) is 495 Å². The van der Waals surface area contributed by atoms with Gasteiger partial charge in [-0.15, -0.1) is 0 Å². The predicted octanol–water partition coefficient (Wildman–Crippen LogP) is -3.82. The summed E-state index contributed by atoms with van der Waals surface area (Å²) in [6, 6.07) is 0. The van der Waals surface area contributed by atoms with Gasteiger partial charge in [0, 0.05) is 12.8 Å². The Morgan fingerprint density at radius 1 is 0.579 bits per heavy atom. The Kier molecular flexibility index (Phi) is 23.6. The monoisotopic (exact) mass is 1390 g/mol. The molecule has 548 valence electrons. The second kappa shape index (κ2) is 29.5. The number of hydrogen-bond donors (Lipinski definition) is 16. The number of ketones is 1. The van der Waals surface area contributed by atoms with Gasteiger partial charge in [-0.2, -0.15) is 8.42 Å². The number of hydrogen-bond acceptors (Lipinski definition) is 31. The van der Waals surface area contributed by atoms with Crippen molar-refractivity contribution in [1.82, 2.24) is 0 Å². The van der Waals surface area contributed by atoms with Gasteiger partial charge in [-0.25, -0.2) is 4.18 Å². The van der Waals surface area contributed by atoms with Crippen LogP contribution in [0.15, 0.2) is 11.6 Å². The van der Waals surface area contributed by atoms with E-state index < -0.39 is 236 Å². The average Bonchev–Trinajstić information content (AvgIpc) is 1.69. The standard InChI is InChI=1S/C62H102O32S/c1-22(2)16-27(64)19-62(9,78)36-11-10-30-29-18-33(32-17-28(94-95(79,80)81)12-14-60(32,7)31(29)13-15-61(30,36)8)87-56-48(76)51(40(68)25(5)85-56)91-58-52(92-55-47(75)44(72)38(66)24(4)84-55)42(70)35(21-82-58)89-59-53(45(73)41(69)34(20-63)88-59)93-57-49(77)50(39(67)26(6)86-57)90-54-46(74)43(71)37(65)23(3)83-54/h13,22-26,28-30,32-59,63,65-78H,10-12,14-21H2,1-9H3,(H,79,80,81)/t23?,24?,25?,26?,28-,29?,30?,32?,33-,34?,35?,36-,37?,38?,39?,40?,41?,42?,43?,44?,45?,46?,47?,48?,49?,50?,51?,52?,53?,54?,55?,56?,57?,58?,59?,60+,61-,62?/m0/s1. The predicted molar refractivity (Wildman–Crippen MR) is 317 cm³/mol. The van der Waals surface area contributed by atoms with Crippen molar-refractivity contribution in [3.05, 3.63) is 11.6 Å². The molecule has 10 rings (SSSR count). The second-order valence-electron chi connectivity index (χ2n) is 29.5. The van der Waals surface area contributed by atoms with Gasteiger partial charge in [0.25, 0.3) is 0 Å². The molecule has 0 aromatic carbocycles. The minimum atomic E-state index is -4.91. The first kappa shape index (κ1) is 75.9. The summed E-state index contributed by atoms with van der Waals surface area (Å²) in [7, 11) is -4.91. The molecule has 33 heteroatoms. The fraction of sp³-hybridized carbons (Fsp3) is 0.952. The van der Waals surface area contributed by atoms with Crippen molar-refractivity contribution >= 4 is 16.2 Å². The third-order valence-corrected chi connectivity index (χ3v) is 22.9. The molecule has 16 N–H and O–H groups in total. The number of aliphatic hydroxyl groups excluding tert-OH is 14. The highest BCUT2D eigenvalue weighted by molar-refractivity contribution is 7.80. The van der Waals surface area contributed by atoms with Crippen molar-refractivity contribution in [2.75, 3.05) is 13.2 Å². The molecule has 9 fully saturated rings. The van der Waals surface area contributed by atoms with Crippen LogP contribution in [-0.4, -0.2) is 305 Å². The van der Waals surface area contributed by atoms with E-state index in [0.717, 1.165) is 5.57 Å². The van der Waals surface area contributed by atoms with Gasteiger partial charge in [-0.05, 0) is 120 Å². The summed E-state index contributed by atoms with van der Waals surface area (Å²) < 4.78 is 113. The molecule has 3 saturated carbocycles. The van der Waals surface area contributed by atoms with Gasteiger partial charge in [0.05, 0.1) is 55.4 Å². The molecule has 6 aliphatic heterocycles. The summed E-state index contributed by atoms with van der Waals surface area (Å²) >= 11 is 0. The van der Waals surface area contributed by atoms with Crippen LogP contribution in [0.3, 0.4) is 0 Å². The zero-order chi connectivity index (χ0) is 69.6. The lowest BCUT2D eigenvalue weighted by atomic mass is 9.47. The largest absolute Gasteiger partial charge is 0.397 e. The van der Waals surface area contributed by atoms with Crippen molar-refractivity contribution in [1.29, 1.82) is 0 Å². The molecule has 0 aromatic rings. The smallest absolute Gasteiger partial charge is 0.394 e. The van der Waals surface area contributed by atoms with Crippen LogP contribution >= 0.6 is 0 Å². The zero-order valence-corrected chi connectivity index (χ0v) is 55.6. The van der Waals surface area contributed by atoms with Crippen LogP contribution in [0.2, 0.25) is 0 Å². The van der Waals surface area contributed by atoms with Gasteiger partial charge >= 0.3 is 10.4 Å². The normalized spacial score (nSPS) is 52.0. The van der Waals surface area contributed by atoms with Crippen molar-refractivity contribution in [3.8, 4) is 0 Å². The molecule has 32 nitrogen and oxygen atoms in total. The van der Waals surface area contributed by atoms with E-state index in [2.05, 4.69) is 19.9 Å². The van der Waals surface area contributed by atoms with Gasteiger partial charge in [0.2, 0.25) is 0 Å². The van der Waals surface area contributed by atoms with Crippen LogP contribution in [0.5, 0.6) is 0 Å². The third-order valence-electron chi connectivity index (χ3n) is 22.4. The maximum atomic E-state index is 13.3. The Hall–Kier alpha value is -1.80. The van der Waals surface area contributed by atoms with Gasteiger partial charge in [-0.3, -0.25) is 9.35 Å². The zero-order valence-electron chi connectivity index (χ0n) is 54.7. The first-order chi connectivity index (χ1) is 44.4. The molecule has 0 amide bonds. The molecule has 0 spiro atoms. The van der Waals surface area contributed by atoms with E-state index >= 15 is 0 Å². The summed E-state index contributed by atoms with van der Waals surface area (Å²) in [4.78, 5) is 13.3. The molecule has 95 heavy (non-hydrogen) atoms. The number of allylic oxidation sites excluding steroid dienone is 2. The number of carbonyl (C=O) groups excluding carboxylic acids is 1. The van der Waals surface area contributed by atoms with Crippen LogP contribution in [0.1, 0.15) is 120 Å². The number of aliphatic hydroxyl groups is 15. The first-order valence-corrected chi connectivity index (χ1v) is 34.6. The second-order valence-corrected chi connectivity index (χ2v) is 30.5. The molecule has 10 aliphatic rings. The highest BCUT2D eigenvalue weighted by atomic mass is 32.3. The van der Waals surface area contributed by atoms with Gasteiger partial charge < -0.3 is 133 Å². The van der Waals surface area contributed by atoms with E-state index in [0.29, 0.717) is 38.5 Å². The fourth-order valence-electron chi connectivity index (χ4n) is 17.2. The van der Waals surface area contributed by atoms with Crippen LogP contribution in [0, 0.1) is 40.4 Å². The molecule has 6 saturated heterocycles. The lowest BCUT2D eigenvalue weighted by Gasteiger charge is -2.60. The average molecular weight is 1390 g/mol. The summed E-state index contributed by atoms with van der Waals surface area (Å²) in [5.41, 5.74) is -1.34. The SMILES string of the molecule is CC(C)CC(=O)CC(C)(O)[C@H]1CCC2C3C[C@H](OC4OC(C)C(O)C(OC5OCC(OC6OC(CO)C(O)C(O)C6OC6OC(C)C(O)C(OC7OC(C)C(O)C(O)C7O)C6O)C(O)C5OC5OC(C)C(O)C(O)C5O)C4O)C4C[C@@H](OS(=O)(=O)O)CC[C@]4(C)C3=CC[C@@]21C. The molecular weight excluding hydrogens is 1290 g/mol. The van der Waals surface area contributed by atoms with Crippen LogP contribution in [0.25, 0.3) is 0 Å².